The summed E-state index contributed by atoms with van der Waals surface area (Å²) in [6.45, 7) is -0.252. The Hall–Kier alpha value is -3.68. The van der Waals surface area contributed by atoms with E-state index in [-0.39, 0.29) is 56.1 Å². The highest BCUT2D eigenvalue weighted by Gasteiger charge is 2.34. The summed E-state index contributed by atoms with van der Waals surface area (Å²) in [5.41, 5.74) is -1.06. The van der Waals surface area contributed by atoms with Crippen LogP contribution in [0.5, 0.6) is 0 Å². The van der Waals surface area contributed by atoms with Crippen molar-refractivity contribution in [2.24, 2.45) is 0 Å². The number of alkyl halides is 3. The largest absolute Gasteiger partial charge is 0.436 e. The van der Waals surface area contributed by atoms with Crippen molar-refractivity contribution in [2.75, 3.05) is 5.32 Å². The highest BCUT2D eigenvalue weighted by atomic mass is 35.5. The number of amides is 2. The van der Waals surface area contributed by atoms with E-state index in [1.807, 2.05) is 0 Å². The maximum atomic E-state index is 13.5. The van der Waals surface area contributed by atoms with E-state index < -0.39 is 23.7 Å². The van der Waals surface area contributed by atoms with Crippen molar-refractivity contribution >= 4 is 52.3 Å². The van der Waals surface area contributed by atoms with Gasteiger partial charge in [-0.15, -0.1) is 5.10 Å². The number of nitrogens with zero attached hydrogens (tertiary/aromatic N) is 6. The van der Waals surface area contributed by atoms with Crippen molar-refractivity contribution in [3.63, 3.8) is 0 Å². The summed E-state index contributed by atoms with van der Waals surface area (Å²) in [6.07, 6.45) is -0.862. The highest BCUT2D eigenvalue weighted by Crippen LogP contribution is 2.32. The molecule has 202 valence electrons. The maximum absolute atomic E-state index is 13.5. The highest BCUT2D eigenvalue weighted by molar-refractivity contribution is 6.38. The normalized spacial score (nSPS) is 13.4. The van der Waals surface area contributed by atoms with Gasteiger partial charge < -0.3 is 10.6 Å². The monoisotopic (exact) mass is 598 g/mol. The van der Waals surface area contributed by atoms with Gasteiger partial charge in [0, 0.05) is 17.3 Å². The first-order valence-corrected chi connectivity index (χ1v) is 12.4. The van der Waals surface area contributed by atoms with E-state index in [0.717, 1.165) is 22.2 Å². The molecule has 1 saturated carbocycles. The zero-order valence-electron chi connectivity index (χ0n) is 19.5. The molecule has 1 aliphatic carbocycles. The third-order valence-electron chi connectivity index (χ3n) is 5.54. The Labute approximate surface area is 233 Å². The first-order valence-electron chi connectivity index (χ1n) is 11.3. The van der Waals surface area contributed by atoms with Crippen LogP contribution in [0.3, 0.4) is 0 Å². The zero-order valence-corrected chi connectivity index (χ0v) is 21.8. The molecule has 4 aromatic rings. The van der Waals surface area contributed by atoms with E-state index in [1.54, 1.807) is 6.07 Å². The Morgan fingerprint density at radius 2 is 1.85 bits per heavy atom. The van der Waals surface area contributed by atoms with Crippen LogP contribution in [0, 0.1) is 0 Å². The van der Waals surface area contributed by atoms with Gasteiger partial charge in [0.15, 0.2) is 11.5 Å². The summed E-state index contributed by atoms with van der Waals surface area (Å²) in [5, 5.41) is 16.7. The third-order valence-corrected chi connectivity index (χ3v) is 6.35. The molecule has 0 saturated heterocycles. The van der Waals surface area contributed by atoms with Crippen LogP contribution in [-0.2, 0) is 12.7 Å². The number of aromatic nitrogens is 6. The van der Waals surface area contributed by atoms with Crippen molar-refractivity contribution in [1.82, 2.24) is 35.1 Å². The second kappa shape index (κ2) is 10.5. The average Bonchev–Trinajstić information content (AvgIpc) is 3.37. The lowest BCUT2D eigenvalue weighted by atomic mass is 10.1. The fourth-order valence-corrected chi connectivity index (χ4v) is 4.33. The number of rotatable bonds is 7. The standard InChI is InChI=1S/C23H16Cl3F3N8O2/c24-11-6-14(21(38)31-12-3-4-12)19(16(26)7-11)32-22(39)17-8-13(9-36-10-18(33-35-36)23(27,28)29)34-37(17)20-15(25)2-1-5-30-20/h1-2,5-8,10,12H,3-4,9H2,(H,31,38)(H,32,39). The minimum absolute atomic E-state index is 0.0109. The molecule has 0 radical (unpaired) electrons. The van der Waals surface area contributed by atoms with Gasteiger partial charge in [0.05, 0.1) is 39.7 Å². The Morgan fingerprint density at radius 1 is 1.08 bits per heavy atom. The van der Waals surface area contributed by atoms with Crippen LogP contribution >= 0.6 is 34.8 Å². The molecule has 2 N–H and O–H groups in total. The number of halogens is 6. The molecule has 0 aliphatic heterocycles. The van der Waals surface area contributed by atoms with Gasteiger partial charge in [-0.25, -0.2) is 14.3 Å². The number of hydrogen-bond donors (Lipinski definition) is 2. The van der Waals surface area contributed by atoms with E-state index >= 15 is 0 Å². The number of pyridine rings is 1. The summed E-state index contributed by atoms with van der Waals surface area (Å²) in [6, 6.07) is 7.20. The van der Waals surface area contributed by atoms with Gasteiger partial charge in [-0.3, -0.25) is 9.59 Å². The second-order valence-electron chi connectivity index (χ2n) is 8.55. The summed E-state index contributed by atoms with van der Waals surface area (Å²) < 4.78 is 40.9. The predicted molar refractivity (Wildman–Crippen MR) is 135 cm³/mol. The Kier molecular flexibility index (Phi) is 7.23. The second-order valence-corrected chi connectivity index (χ2v) is 9.80. The minimum Gasteiger partial charge on any atom is -0.349 e. The van der Waals surface area contributed by atoms with Gasteiger partial charge in [-0.1, -0.05) is 40.0 Å². The molecule has 0 bridgehead atoms. The molecular formula is C23H16Cl3F3N8O2. The molecule has 2 amide bonds. The van der Waals surface area contributed by atoms with E-state index in [1.165, 1.54) is 30.5 Å². The van der Waals surface area contributed by atoms with E-state index in [0.29, 0.717) is 6.20 Å². The molecule has 0 atom stereocenters. The molecule has 1 aromatic carbocycles. The molecule has 10 nitrogen and oxygen atoms in total. The van der Waals surface area contributed by atoms with Gasteiger partial charge in [-0.05, 0) is 43.2 Å². The fraction of sp³-hybridized carbons (Fsp3) is 0.217. The topological polar surface area (TPSA) is 120 Å². The smallest absolute Gasteiger partial charge is 0.349 e. The first kappa shape index (κ1) is 26.9. The fourth-order valence-electron chi connectivity index (χ4n) is 3.58. The van der Waals surface area contributed by atoms with Crippen LogP contribution in [0.4, 0.5) is 18.9 Å². The van der Waals surface area contributed by atoms with Crippen LogP contribution in [-0.4, -0.2) is 47.6 Å². The molecule has 3 heterocycles. The zero-order chi connectivity index (χ0) is 27.9. The first-order chi connectivity index (χ1) is 18.5. The van der Waals surface area contributed by atoms with Gasteiger partial charge in [0.2, 0.25) is 0 Å². The van der Waals surface area contributed by atoms with Crippen molar-refractivity contribution in [2.45, 2.75) is 31.6 Å². The van der Waals surface area contributed by atoms with Crippen LogP contribution in [0.25, 0.3) is 5.82 Å². The van der Waals surface area contributed by atoms with E-state index in [9.17, 15) is 22.8 Å². The quantitative estimate of drug-likeness (QED) is 0.308. The Balaban J connectivity index is 1.51. The Morgan fingerprint density at radius 3 is 2.51 bits per heavy atom. The van der Waals surface area contributed by atoms with E-state index in [2.05, 4.69) is 31.0 Å². The van der Waals surface area contributed by atoms with Crippen molar-refractivity contribution in [3.05, 3.63) is 80.4 Å². The van der Waals surface area contributed by atoms with Gasteiger partial charge in [-0.2, -0.15) is 18.3 Å². The third kappa shape index (κ3) is 6.00. The Bertz CT molecular complexity index is 1580. The number of carbonyl (C=O) groups excluding carboxylic acids is 2. The molecule has 39 heavy (non-hydrogen) atoms. The molecule has 0 unspecified atom stereocenters. The van der Waals surface area contributed by atoms with Crippen molar-refractivity contribution in [3.8, 4) is 5.82 Å². The summed E-state index contributed by atoms with van der Waals surface area (Å²) in [4.78, 5) is 30.5. The molecular weight excluding hydrogens is 584 g/mol. The summed E-state index contributed by atoms with van der Waals surface area (Å²) in [7, 11) is 0. The molecule has 16 heteroatoms. The van der Waals surface area contributed by atoms with Crippen LogP contribution < -0.4 is 10.6 Å². The van der Waals surface area contributed by atoms with Crippen LogP contribution in [0.15, 0.2) is 42.7 Å². The van der Waals surface area contributed by atoms with Crippen molar-refractivity contribution in [1.29, 1.82) is 0 Å². The van der Waals surface area contributed by atoms with Crippen LogP contribution in [0.2, 0.25) is 15.1 Å². The lowest BCUT2D eigenvalue weighted by molar-refractivity contribution is -0.141. The number of nitrogens with one attached hydrogen (secondary N) is 2. The van der Waals surface area contributed by atoms with Gasteiger partial charge in [0.1, 0.15) is 5.69 Å². The lowest BCUT2D eigenvalue weighted by Gasteiger charge is -2.14. The number of carbonyl (C=O) groups is 2. The molecule has 1 aliphatic rings. The minimum atomic E-state index is -4.68. The SMILES string of the molecule is O=C(NC1CC1)c1cc(Cl)cc(Cl)c1NC(=O)c1cc(Cn2cc(C(F)(F)F)nn2)nn1-c1ncccc1Cl. The molecule has 5 rings (SSSR count). The summed E-state index contributed by atoms with van der Waals surface area (Å²) >= 11 is 18.7. The molecule has 0 spiro atoms. The number of hydrogen-bond acceptors (Lipinski definition) is 6. The van der Waals surface area contributed by atoms with Gasteiger partial charge in [0.25, 0.3) is 11.8 Å². The lowest BCUT2D eigenvalue weighted by Crippen LogP contribution is -2.27. The van der Waals surface area contributed by atoms with E-state index in [4.69, 9.17) is 34.8 Å². The molecule has 1 fully saturated rings. The average molecular weight is 600 g/mol. The van der Waals surface area contributed by atoms with Gasteiger partial charge >= 0.3 is 6.18 Å². The van der Waals surface area contributed by atoms with Crippen molar-refractivity contribution < 1.29 is 22.8 Å². The number of anilines is 1. The maximum Gasteiger partial charge on any atom is 0.436 e. The molecule has 3 aromatic heterocycles. The number of benzene rings is 1. The predicted octanol–water partition coefficient (Wildman–Crippen LogP) is 5.03. The van der Waals surface area contributed by atoms with Crippen LogP contribution in [0.1, 0.15) is 45.1 Å². The summed E-state index contributed by atoms with van der Waals surface area (Å²) in [5.74, 6) is -1.14.